The van der Waals surface area contributed by atoms with E-state index in [2.05, 4.69) is 34.4 Å². The summed E-state index contributed by atoms with van der Waals surface area (Å²) in [6.45, 7) is 6.57. The standard InChI is InChI=1S/C10H17N7/c1-6(2)9-10(11)14-15-17(9)5-8-13-12-7(3)16(8)4/h6H,5,11H2,1-4H3. The van der Waals surface area contributed by atoms with Crippen molar-refractivity contribution in [3.63, 3.8) is 0 Å². The zero-order valence-corrected chi connectivity index (χ0v) is 10.5. The lowest BCUT2D eigenvalue weighted by Crippen LogP contribution is -2.12. The van der Waals surface area contributed by atoms with Crippen LogP contribution in [0.25, 0.3) is 0 Å². The maximum atomic E-state index is 5.80. The molecule has 0 fully saturated rings. The van der Waals surface area contributed by atoms with Gasteiger partial charge in [-0.25, -0.2) is 4.68 Å². The molecule has 0 atom stereocenters. The topological polar surface area (TPSA) is 87.4 Å². The van der Waals surface area contributed by atoms with Crippen molar-refractivity contribution in [1.29, 1.82) is 0 Å². The average molecular weight is 235 g/mol. The van der Waals surface area contributed by atoms with E-state index in [0.717, 1.165) is 17.3 Å². The average Bonchev–Trinajstić information content (AvgIpc) is 2.77. The Hall–Kier alpha value is -1.92. The van der Waals surface area contributed by atoms with Crippen molar-refractivity contribution < 1.29 is 0 Å². The first-order valence-corrected chi connectivity index (χ1v) is 5.54. The van der Waals surface area contributed by atoms with Gasteiger partial charge in [-0.2, -0.15) is 0 Å². The zero-order chi connectivity index (χ0) is 12.6. The monoisotopic (exact) mass is 235 g/mol. The van der Waals surface area contributed by atoms with Crippen molar-refractivity contribution in [1.82, 2.24) is 29.8 Å². The van der Waals surface area contributed by atoms with E-state index < -0.39 is 0 Å². The fourth-order valence-electron chi connectivity index (χ4n) is 1.77. The van der Waals surface area contributed by atoms with Gasteiger partial charge in [-0.15, -0.1) is 15.3 Å². The summed E-state index contributed by atoms with van der Waals surface area (Å²) >= 11 is 0. The highest BCUT2D eigenvalue weighted by Crippen LogP contribution is 2.19. The van der Waals surface area contributed by atoms with Crippen molar-refractivity contribution in [2.24, 2.45) is 7.05 Å². The van der Waals surface area contributed by atoms with Crippen LogP contribution in [0.3, 0.4) is 0 Å². The highest BCUT2D eigenvalue weighted by Gasteiger charge is 2.16. The lowest BCUT2D eigenvalue weighted by molar-refractivity contribution is 0.566. The largest absolute Gasteiger partial charge is 0.381 e. The fraction of sp³-hybridized carbons (Fsp3) is 0.600. The van der Waals surface area contributed by atoms with E-state index in [-0.39, 0.29) is 5.92 Å². The lowest BCUT2D eigenvalue weighted by atomic mass is 10.1. The normalized spacial score (nSPS) is 11.4. The third kappa shape index (κ3) is 2.00. The highest BCUT2D eigenvalue weighted by atomic mass is 15.5. The molecular formula is C10H17N7. The Bertz CT molecular complexity index is 523. The molecule has 0 bridgehead atoms. The Morgan fingerprint density at radius 3 is 2.47 bits per heavy atom. The molecule has 2 N–H and O–H groups in total. The molecule has 0 radical (unpaired) electrons. The van der Waals surface area contributed by atoms with Gasteiger partial charge in [0.05, 0.1) is 5.69 Å². The maximum Gasteiger partial charge on any atom is 0.169 e. The first kappa shape index (κ1) is 11.6. The molecule has 0 saturated carbocycles. The summed E-state index contributed by atoms with van der Waals surface area (Å²) in [7, 11) is 1.93. The number of anilines is 1. The summed E-state index contributed by atoms with van der Waals surface area (Å²) < 4.78 is 3.71. The van der Waals surface area contributed by atoms with Crippen LogP contribution in [0, 0.1) is 6.92 Å². The molecule has 0 saturated heterocycles. The van der Waals surface area contributed by atoms with E-state index in [1.54, 1.807) is 4.68 Å². The summed E-state index contributed by atoms with van der Waals surface area (Å²) in [6, 6.07) is 0. The second-order valence-electron chi connectivity index (χ2n) is 4.39. The molecule has 0 aliphatic rings. The molecule has 0 aliphatic heterocycles. The third-order valence-corrected chi connectivity index (χ3v) is 2.82. The van der Waals surface area contributed by atoms with E-state index in [1.807, 2.05) is 18.5 Å². The van der Waals surface area contributed by atoms with Crippen molar-refractivity contribution in [3.05, 3.63) is 17.3 Å². The molecule has 0 aromatic carbocycles. The van der Waals surface area contributed by atoms with E-state index >= 15 is 0 Å². The highest BCUT2D eigenvalue weighted by molar-refractivity contribution is 5.35. The number of hydrogen-bond donors (Lipinski definition) is 1. The number of nitrogens with zero attached hydrogens (tertiary/aromatic N) is 6. The van der Waals surface area contributed by atoms with Crippen molar-refractivity contribution in [2.75, 3.05) is 5.73 Å². The Balaban J connectivity index is 2.33. The molecule has 2 rings (SSSR count). The molecule has 17 heavy (non-hydrogen) atoms. The van der Waals surface area contributed by atoms with Gasteiger partial charge >= 0.3 is 0 Å². The molecule has 0 spiro atoms. The Morgan fingerprint density at radius 2 is 1.94 bits per heavy atom. The number of aromatic nitrogens is 6. The van der Waals surface area contributed by atoms with Gasteiger partial charge in [0.25, 0.3) is 0 Å². The molecule has 7 nitrogen and oxygen atoms in total. The van der Waals surface area contributed by atoms with Gasteiger partial charge in [-0.05, 0) is 12.8 Å². The molecule has 92 valence electrons. The molecule has 0 amide bonds. The molecule has 0 unspecified atom stereocenters. The second kappa shape index (κ2) is 4.15. The summed E-state index contributed by atoms with van der Waals surface area (Å²) in [4.78, 5) is 0. The first-order valence-electron chi connectivity index (χ1n) is 5.54. The van der Waals surface area contributed by atoms with Crippen LogP contribution in [-0.4, -0.2) is 29.8 Å². The van der Waals surface area contributed by atoms with Gasteiger partial charge in [0.2, 0.25) is 0 Å². The van der Waals surface area contributed by atoms with Crippen LogP contribution < -0.4 is 5.73 Å². The van der Waals surface area contributed by atoms with Crippen molar-refractivity contribution in [2.45, 2.75) is 33.2 Å². The van der Waals surface area contributed by atoms with E-state index in [9.17, 15) is 0 Å². The number of nitrogens with two attached hydrogens (primary N) is 1. The smallest absolute Gasteiger partial charge is 0.169 e. The van der Waals surface area contributed by atoms with Gasteiger partial charge in [0.15, 0.2) is 11.6 Å². The molecule has 2 aromatic heterocycles. The van der Waals surface area contributed by atoms with Crippen LogP contribution in [0.4, 0.5) is 5.82 Å². The maximum absolute atomic E-state index is 5.80. The molecule has 2 aromatic rings. The minimum Gasteiger partial charge on any atom is -0.381 e. The van der Waals surface area contributed by atoms with Gasteiger partial charge in [-0.1, -0.05) is 19.1 Å². The molecule has 0 aliphatic carbocycles. The van der Waals surface area contributed by atoms with Gasteiger partial charge in [-0.3, -0.25) is 0 Å². The van der Waals surface area contributed by atoms with Gasteiger partial charge in [0.1, 0.15) is 12.4 Å². The summed E-state index contributed by atoms with van der Waals surface area (Å²) in [6.07, 6.45) is 0. The van der Waals surface area contributed by atoms with Crippen LogP contribution in [0.5, 0.6) is 0 Å². The van der Waals surface area contributed by atoms with Crippen LogP contribution >= 0.6 is 0 Å². The number of nitrogen functional groups attached to an aromatic ring is 1. The minimum atomic E-state index is 0.277. The summed E-state index contributed by atoms with van der Waals surface area (Å²) in [5, 5.41) is 16.1. The molecular weight excluding hydrogens is 218 g/mol. The molecule has 2 heterocycles. The number of hydrogen-bond acceptors (Lipinski definition) is 5. The first-order chi connectivity index (χ1) is 8.00. The SMILES string of the molecule is Cc1nnc(Cn2nnc(N)c2C(C)C)n1C. The summed E-state index contributed by atoms with van der Waals surface area (Å²) in [5.41, 5.74) is 6.74. The Morgan fingerprint density at radius 1 is 1.24 bits per heavy atom. The predicted octanol–water partition coefficient (Wildman–Crippen LogP) is 0.469. The van der Waals surface area contributed by atoms with Gasteiger partial charge < -0.3 is 10.3 Å². The quantitative estimate of drug-likeness (QED) is 0.835. The molecule has 7 heteroatoms. The lowest BCUT2D eigenvalue weighted by Gasteiger charge is -2.09. The zero-order valence-electron chi connectivity index (χ0n) is 10.5. The van der Waals surface area contributed by atoms with E-state index in [1.165, 1.54) is 0 Å². The van der Waals surface area contributed by atoms with Crippen molar-refractivity contribution in [3.8, 4) is 0 Å². The van der Waals surface area contributed by atoms with Crippen molar-refractivity contribution >= 4 is 5.82 Å². The Labute approximate surface area is 99.6 Å². The van der Waals surface area contributed by atoms with Crippen LogP contribution in [0.2, 0.25) is 0 Å². The third-order valence-electron chi connectivity index (χ3n) is 2.82. The minimum absolute atomic E-state index is 0.277. The second-order valence-corrected chi connectivity index (χ2v) is 4.39. The van der Waals surface area contributed by atoms with Gasteiger partial charge in [0, 0.05) is 7.05 Å². The van der Waals surface area contributed by atoms with Crippen LogP contribution in [0.15, 0.2) is 0 Å². The summed E-state index contributed by atoms with van der Waals surface area (Å²) in [5.74, 6) is 2.48. The van der Waals surface area contributed by atoms with E-state index in [4.69, 9.17) is 5.73 Å². The fourth-order valence-corrected chi connectivity index (χ4v) is 1.77. The predicted molar refractivity (Wildman–Crippen MR) is 63.4 cm³/mol. The van der Waals surface area contributed by atoms with E-state index in [0.29, 0.717) is 12.4 Å². The van der Waals surface area contributed by atoms with Crippen LogP contribution in [0.1, 0.15) is 37.1 Å². The van der Waals surface area contributed by atoms with Crippen LogP contribution in [-0.2, 0) is 13.6 Å². The Kier molecular flexibility index (Phi) is 2.83. The number of rotatable bonds is 3. The number of aryl methyl sites for hydroxylation is 1.